The molecule has 1 aromatic carbocycles. The second-order valence-corrected chi connectivity index (χ2v) is 11.6. The minimum atomic E-state index is -0.827. The van der Waals surface area contributed by atoms with Crippen LogP contribution >= 0.6 is 7.26 Å². The molecular weight excluding hydrogens is 319 g/mol. The number of rotatable bonds is 8. The summed E-state index contributed by atoms with van der Waals surface area (Å²) in [4.78, 5) is 0. The van der Waals surface area contributed by atoms with Crippen LogP contribution in [0.5, 0.6) is 0 Å². The van der Waals surface area contributed by atoms with Crippen molar-refractivity contribution >= 4 is 7.26 Å². The zero-order valence-electron chi connectivity index (χ0n) is 16.8. The summed E-state index contributed by atoms with van der Waals surface area (Å²) in [6.07, 6.45) is 9.92. The molecule has 0 saturated heterocycles. The summed E-state index contributed by atoms with van der Waals surface area (Å²) in [6.45, 7) is 18.8. The average Bonchev–Trinajstić information content (AvgIpc) is 2.48. The fraction of sp³-hybridized carbons (Fsp3) is 0.714. The molecule has 0 unspecified atom stereocenters. The predicted octanol–water partition coefficient (Wildman–Crippen LogP) is 3.98. The smallest absolute Gasteiger partial charge is 0.0848 e. The van der Waals surface area contributed by atoms with Crippen molar-refractivity contribution in [2.75, 3.05) is 18.5 Å². The van der Waals surface area contributed by atoms with Crippen molar-refractivity contribution in [3.05, 3.63) is 33.4 Å². The first kappa shape index (κ1) is 22.9. The van der Waals surface area contributed by atoms with Gasteiger partial charge in [-0.05, 0) is 87.3 Å². The van der Waals surface area contributed by atoms with Crippen LogP contribution in [0.2, 0.25) is 0 Å². The van der Waals surface area contributed by atoms with E-state index in [0.29, 0.717) is 0 Å². The number of hydrogen-bond donors (Lipinski definition) is 0. The van der Waals surface area contributed by atoms with E-state index >= 15 is 0 Å². The molecule has 0 radical (unpaired) electrons. The molecule has 0 nitrogen and oxygen atoms in total. The maximum atomic E-state index is 2.38. The topological polar surface area (TPSA) is 0 Å². The van der Waals surface area contributed by atoms with Gasteiger partial charge < -0.3 is 12.4 Å². The number of hydrogen-bond acceptors (Lipinski definition) is 0. The van der Waals surface area contributed by atoms with Crippen molar-refractivity contribution in [1.82, 2.24) is 0 Å². The molecule has 23 heavy (non-hydrogen) atoms. The molecule has 0 aliphatic carbocycles. The molecule has 0 aliphatic heterocycles. The van der Waals surface area contributed by atoms with Crippen LogP contribution in [0.25, 0.3) is 0 Å². The number of halogens is 1. The lowest BCUT2D eigenvalue weighted by atomic mass is 9.90. The molecule has 0 bridgehead atoms. The second kappa shape index (κ2) is 10.0. The lowest BCUT2D eigenvalue weighted by molar-refractivity contribution is -0.00000526. The highest BCUT2D eigenvalue weighted by Crippen LogP contribution is 2.63. The van der Waals surface area contributed by atoms with E-state index in [1.807, 2.05) is 0 Å². The van der Waals surface area contributed by atoms with Gasteiger partial charge in [-0.25, -0.2) is 0 Å². The minimum absolute atomic E-state index is 0. The van der Waals surface area contributed by atoms with E-state index in [9.17, 15) is 0 Å². The molecule has 0 N–H and O–H groups in total. The van der Waals surface area contributed by atoms with Gasteiger partial charge in [0, 0.05) is 7.26 Å². The van der Waals surface area contributed by atoms with Crippen LogP contribution in [-0.4, -0.2) is 18.5 Å². The summed E-state index contributed by atoms with van der Waals surface area (Å²) in [6, 6.07) is 0. The van der Waals surface area contributed by atoms with Gasteiger partial charge in [-0.1, -0.05) is 20.8 Å². The third-order valence-electron chi connectivity index (χ3n) is 5.74. The molecule has 0 aliphatic rings. The molecule has 0 aromatic heterocycles. The van der Waals surface area contributed by atoms with E-state index in [0.717, 1.165) is 0 Å². The lowest BCUT2D eigenvalue weighted by Gasteiger charge is -2.29. The highest BCUT2D eigenvalue weighted by molar-refractivity contribution is 7.75. The molecule has 1 rings (SSSR count). The Hall–Kier alpha value is -0.0600. The van der Waals surface area contributed by atoms with E-state index < -0.39 is 7.26 Å². The first-order valence-electron chi connectivity index (χ1n) is 9.24. The summed E-state index contributed by atoms with van der Waals surface area (Å²) in [7, 11) is -0.827. The monoisotopic (exact) mass is 356 g/mol. The molecule has 0 spiro atoms. The zero-order chi connectivity index (χ0) is 16.9. The Labute approximate surface area is 152 Å². The van der Waals surface area contributed by atoms with Crippen LogP contribution in [0.1, 0.15) is 73.4 Å². The summed E-state index contributed by atoms with van der Waals surface area (Å²) >= 11 is 0. The van der Waals surface area contributed by atoms with E-state index in [2.05, 4.69) is 55.4 Å². The van der Waals surface area contributed by atoms with Crippen LogP contribution in [0, 0.1) is 34.6 Å². The molecule has 0 fully saturated rings. The van der Waals surface area contributed by atoms with Gasteiger partial charge in [-0.3, -0.25) is 0 Å². The molecular formula is C21H38ClP. The third-order valence-corrected chi connectivity index (χ3v) is 10.9. The van der Waals surface area contributed by atoms with Crippen molar-refractivity contribution in [2.45, 2.75) is 80.8 Å². The molecule has 0 amide bonds. The molecule has 0 heterocycles. The van der Waals surface area contributed by atoms with Crippen LogP contribution in [0.3, 0.4) is 0 Å². The Balaban J connectivity index is 0.00000484. The van der Waals surface area contributed by atoms with Crippen molar-refractivity contribution in [1.29, 1.82) is 0 Å². The standard InChI is InChI=1S/C21H38P.ClH/c1-9-12-22(13-10-2,14-11-3)15-21-19(7)17(5)16(4)18(6)20(21)8;/h9-15H2,1-8H3;1H/q+1;/p-1. The lowest BCUT2D eigenvalue weighted by Crippen LogP contribution is -3.00. The van der Waals surface area contributed by atoms with Crippen molar-refractivity contribution in [3.8, 4) is 0 Å². The first-order valence-corrected chi connectivity index (χ1v) is 11.8. The fourth-order valence-electron chi connectivity index (χ4n) is 4.15. The normalized spacial score (nSPS) is 11.5. The van der Waals surface area contributed by atoms with Gasteiger partial charge in [-0.2, -0.15) is 0 Å². The van der Waals surface area contributed by atoms with Gasteiger partial charge in [-0.15, -0.1) is 0 Å². The van der Waals surface area contributed by atoms with E-state index in [1.165, 1.54) is 60.6 Å². The van der Waals surface area contributed by atoms with Crippen molar-refractivity contribution in [3.63, 3.8) is 0 Å². The van der Waals surface area contributed by atoms with Gasteiger partial charge >= 0.3 is 0 Å². The van der Waals surface area contributed by atoms with Crippen LogP contribution < -0.4 is 12.4 Å². The zero-order valence-corrected chi connectivity index (χ0v) is 18.4. The Morgan fingerprint density at radius 1 is 0.565 bits per heavy atom. The summed E-state index contributed by atoms with van der Waals surface area (Å²) in [5.74, 6) is 0. The number of benzene rings is 1. The van der Waals surface area contributed by atoms with Gasteiger partial charge in [0.1, 0.15) is 0 Å². The van der Waals surface area contributed by atoms with Gasteiger partial charge in [0.25, 0.3) is 0 Å². The first-order chi connectivity index (χ1) is 10.3. The summed E-state index contributed by atoms with van der Waals surface area (Å²) in [5.41, 5.74) is 9.41. The van der Waals surface area contributed by atoms with E-state index in [-0.39, 0.29) is 12.4 Å². The Morgan fingerprint density at radius 2 is 0.870 bits per heavy atom. The molecule has 2 heteroatoms. The van der Waals surface area contributed by atoms with Gasteiger partial charge in [0.05, 0.1) is 24.6 Å². The predicted molar refractivity (Wildman–Crippen MR) is 106 cm³/mol. The summed E-state index contributed by atoms with van der Waals surface area (Å²) < 4.78 is 0. The average molecular weight is 357 g/mol. The third kappa shape index (κ3) is 5.20. The van der Waals surface area contributed by atoms with E-state index in [4.69, 9.17) is 0 Å². The van der Waals surface area contributed by atoms with Crippen LogP contribution in [0.4, 0.5) is 0 Å². The fourth-order valence-corrected chi connectivity index (χ4v) is 9.28. The summed E-state index contributed by atoms with van der Waals surface area (Å²) in [5, 5.41) is 0. The maximum absolute atomic E-state index is 2.38. The van der Waals surface area contributed by atoms with E-state index in [1.54, 1.807) is 16.7 Å². The Bertz CT molecular complexity index is 459. The molecule has 0 saturated carbocycles. The van der Waals surface area contributed by atoms with Crippen LogP contribution in [0.15, 0.2) is 0 Å². The highest BCUT2D eigenvalue weighted by Gasteiger charge is 2.36. The van der Waals surface area contributed by atoms with Gasteiger partial charge in [0.2, 0.25) is 0 Å². The minimum Gasteiger partial charge on any atom is -1.00 e. The second-order valence-electron chi connectivity index (χ2n) is 7.27. The maximum Gasteiger partial charge on any atom is 0.0848 e. The van der Waals surface area contributed by atoms with Crippen LogP contribution in [-0.2, 0) is 6.16 Å². The quantitative estimate of drug-likeness (QED) is 0.618. The van der Waals surface area contributed by atoms with Gasteiger partial charge in [0.15, 0.2) is 0 Å². The highest BCUT2D eigenvalue weighted by atomic mass is 35.5. The largest absolute Gasteiger partial charge is 1.00 e. The Morgan fingerprint density at radius 3 is 1.17 bits per heavy atom. The molecule has 134 valence electrons. The van der Waals surface area contributed by atoms with Crippen molar-refractivity contribution < 1.29 is 12.4 Å². The molecule has 1 aromatic rings. The molecule has 0 atom stereocenters. The van der Waals surface area contributed by atoms with Crippen molar-refractivity contribution in [2.24, 2.45) is 0 Å². The Kier molecular flexibility index (Phi) is 10.0. The SMILES string of the molecule is CCC[P+](CCC)(CCC)Cc1c(C)c(C)c(C)c(C)c1C.[Cl-].